The number of hydrogen-bond donors (Lipinski definition) is 0. The number of benzene rings is 3. The molecular weight excluding hydrogens is 342 g/mol. The molecule has 0 radical (unpaired) electrons. The van der Waals surface area contributed by atoms with E-state index >= 15 is 0 Å². The first kappa shape index (κ1) is 17.1. The summed E-state index contributed by atoms with van der Waals surface area (Å²) < 4.78 is 10.5. The summed E-state index contributed by atoms with van der Waals surface area (Å²) in [4.78, 5) is 26.8. The van der Waals surface area contributed by atoms with Crippen LogP contribution >= 0.6 is 0 Å². The van der Waals surface area contributed by atoms with Crippen molar-refractivity contribution in [3.63, 3.8) is 0 Å². The number of carbonyl (C=O) groups is 2. The molecule has 0 spiro atoms. The van der Waals surface area contributed by atoms with Crippen LogP contribution < -0.4 is 9.64 Å². The molecule has 1 aliphatic rings. The smallest absolute Gasteiger partial charge is 0.348 e. The van der Waals surface area contributed by atoms with E-state index < -0.39 is 12.1 Å². The summed E-state index contributed by atoms with van der Waals surface area (Å²) in [6, 6.07) is 21.2. The zero-order chi connectivity index (χ0) is 18.8. The fraction of sp³-hybridized carbons (Fsp3) is 0.182. The highest BCUT2D eigenvalue weighted by molar-refractivity contribution is 6.00. The first-order chi connectivity index (χ1) is 13.2. The molecule has 0 unspecified atom stereocenters. The lowest BCUT2D eigenvalue weighted by atomic mass is 10.0. The van der Waals surface area contributed by atoms with Crippen LogP contribution in [0.1, 0.15) is 5.56 Å². The van der Waals surface area contributed by atoms with Gasteiger partial charge < -0.3 is 14.4 Å². The van der Waals surface area contributed by atoms with E-state index in [1.165, 1.54) is 7.11 Å². The predicted molar refractivity (Wildman–Crippen MR) is 103 cm³/mol. The number of esters is 1. The Bertz CT molecular complexity index is 1010. The number of amides is 1. The summed E-state index contributed by atoms with van der Waals surface area (Å²) in [5.41, 5.74) is 1.62. The Morgan fingerprint density at radius 1 is 1.04 bits per heavy atom. The highest BCUT2D eigenvalue weighted by Crippen LogP contribution is 2.34. The van der Waals surface area contributed by atoms with Gasteiger partial charge in [0.15, 0.2) is 0 Å². The maximum Gasteiger partial charge on any atom is 0.348 e. The van der Waals surface area contributed by atoms with Crippen LogP contribution in [0.25, 0.3) is 10.8 Å². The Balaban J connectivity index is 1.67. The minimum absolute atomic E-state index is 0.0870. The van der Waals surface area contributed by atoms with E-state index in [-0.39, 0.29) is 18.9 Å². The molecule has 0 saturated heterocycles. The van der Waals surface area contributed by atoms with Crippen molar-refractivity contribution in [2.24, 2.45) is 0 Å². The highest BCUT2D eigenvalue weighted by atomic mass is 16.6. The molecule has 0 N–H and O–H groups in total. The maximum atomic E-state index is 13.1. The van der Waals surface area contributed by atoms with E-state index in [0.29, 0.717) is 11.4 Å². The van der Waals surface area contributed by atoms with Gasteiger partial charge in [-0.3, -0.25) is 4.79 Å². The van der Waals surface area contributed by atoms with Crippen molar-refractivity contribution in [2.45, 2.75) is 12.5 Å². The largest absolute Gasteiger partial charge is 0.475 e. The van der Waals surface area contributed by atoms with E-state index in [1.54, 1.807) is 11.0 Å². The van der Waals surface area contributed by atoms with Gasteiger partial charge in [-0.25, -0.2) is 4.79 Å². The van der Waals surface area contributed by atoms with Crippen LogP contribution in [0.3, 0.4) is 0 Å². The van der Waals surface area contributed by atoms with E-state index in [9.17, 15) is 9.59 Å². The number of para-hydroxylation sites is 2. The van der Waals surface area contributed by atoms with Crippen molar-refractivity contribution in [1.82, 2.24) is 0 Å². The summed E-state index contributed by atoms with van der Waals surface area (Å²) in [6.45, 7) is 0.132. The van der Waals surface area contributed by atoms with Crippen LogP contribution in [0.4, 0.5) is 5.69 Å². The molecule has 1 aliphatic heterocycles. The zero-order valence-electron chi connectivity index (χ0n) is 14.9. The van der Waals surface area contributed by atoms with E-state index in [1.807, 2.05) is 60.7 Å². The SMILES string of the molecule is COC(=O)[C@H]1CN(C(=O)Cc2cccc3ccccc23)c2ccccc2O1. The van der Waals surface area contributed by atoms with Crippen molar-refractivity contribution in [1.29, 1.82) is 0 Å². The molecule has 1 atom stereocenters. The molecule has 0 aliphatic carbocycles. The average Bonchev–Trinajstić information content (AvgIpc) is 2.72. The van der Waals surface area contributed by atoms with Crippen molar-refractivity contribution in [3.8, 4) is 5.75 Å². The molecule has 3 aromatic carbocycles. The lowest BCUT2D eigenvalue weighted by Crippen LogP contribution is -2.48. The molecule has 5 nitrogen and oxygen atoms in total. The summed E-state index contributed by atoms with van der Waals surface area (Å²) in [5, 5.41) is 2.15. The topological polar surface area (TPSA) is 55.8 Å². The van der Waals surface area contributed by atoms with Crippen LogP contribution in [0.5, 0.6) is 5.75 Å². The number of anilines is 1. The molecule has 0 bridgehead atoms. The van der Waals surface area contributed by atoms with Gasteiger partial charge in [0.05, 0.1) is 25.8 Å². The second kappa shape index (κ2) is 7.11. The lowest BCUT2D eigenvalue weighted by Gasteiger charge is -2.33. The van der Waals surface area contributed by atoms with Gasteiger partial charge in [-0.1, -0.05) is 54.6 Å². The molecule has 1 heterocycles. The first-order valence-electron chi connectivity index (χ1n) is 8.78. The van der Waals surface area contributed by atoms with Gasteiger partial charge in [-0.2, -0.15) is 0 Å². The van der Waals surface area contributed by atoms with Crippen LogP contribution in [-0.4, -0.2) is 31.6 Å². The Hall–Kier alpha value is -3.34. The van der Waals surface area contributed by atoms with Gasteiger partial charge in [-0.15, -0.1) is 0 Å². The van der Waals surface area contributed by atoms with Crippen LogP contribution in [0.15, 0.2) is 66.7 Å². The van der Waals surface area contributed by atoms with E-state index in [0.717, 1.165) is 16.3 Å². The summed E-state index contributed by atoms with van der Waals surface area (Å²) in [7, 11) is 1.31. The number of ether oxygens (including phenoxy) is 2. The predicted octanol–water partition coefficient (Wildman–Crippen LogP) is 3.35. The van der Waals surface area contributed by atoms with E-state index in [4.69, 9.17) is 9.47 Å². The van der Waals surface area contributed by atoms with Gasteiger partial charge in [-0.05, 0) is 28.5 Å². The second-order valence-corrected chi connectivity index (χ2v) is 6.42. The van der Waals surface area contributed by atoms with Crippen molar-refractivity contribution in [3.05, 3.63) is 72.3 Å². The summed E-state index contributed by atoms with van der Waals surface area (Å²) >= 11 is 0. The van der Waals surface area contributed by atoms with E-state index in [2.05, 4.69) is 0 Å². The molecule has 0 aromatic heterocycles. The molecule has 4 rings (SSSR count). The number of fused-ring (bicyclic) bond motifs is 2. The molecule has 1 amide bonds. The molecule has 136 valence electrons. The Kier molecular flexibility index (Phi) is 4.50. The van der Waals surface area contributed by atoms with Crippen molar-refractivity contribution < 1.29 is 19.1 Å². The van der Waals surface area contributed by atoms with Crippen LogP contribution in [-0.2, 0) is 20.7 Å². The summed E-state index contributed by atoms with van der Waals surface area (Å²) in [6.07, 6.45) is -0.592. The number of hydrogen-bond acceptors (Lipinski definition) is 4. The third kappa shape index (κ3) is 3.24. The van der Waals surface area contributed by atoms with Crippen LogP contribution in [0, 0.1) is 0 Å². The Morgan fingerprint density at radius 3 is 2.63 bits per heavy atom. The number of methoxy groups -OCH3 is 1. The number of rotatable bonds is 3. The fourth-order valence-electron chi connectivity index (χ4n) is 3.43. The summed E-state index contributed by atoms with van der Waals surface area (Å²) in [5.74, 6) is -0.0751. The molecule has 0 saturated carbocycles. The van der Waals surface area contributed by atoms with Crippen LogP contribution in [0.2, 0.25) is 0 Å². The van der Waals surface area contributed by atoms with Crippen molar-refractivity contribution >= 4 is 28.3 Å². The normalized spacial score (nSPS) is 15.7. The first-order valence-corrected chi connectivity index (χ1v) is 8.78. The molecule has 0 fully saturated rings. The quantitative estimate of drug-likeness (QED) is 0.672. The van der Waals surface area contributed by atoms with Crippen molar-refractivity contribution in [2.75, 3.05) is 18.6 Å². The Morgan fingerprint density at radius 2 is 1.78 bits per heavy atom. The van der Waals surface area contributed by atoms with Gasteiger partial charge in [0.25, 0.3) is 0 Å². The highest BCUT2D eigenvalue weighted by Gasteiger charge is 2.34. The third-order valence-corrected chi connectivity index (χ3v) is 4.76. The molecule has 3 aromatic rings. The lowest BCUT2D eigenvalue weighted by molar-refractivity contribution is -0.148. The molecular formula is C22H19NO4. The third-order valence-electron chi connectivity index (χ3n) is 4.76. The monoisotopic (exact) mass is 361 g/mol. The Labute approximate surface area is 157 Å². The molecule has 5 heteroatoms. The van der Waals surface area contributed by atoms with Gasteiger partial charge in [0.1, 0.15) is 5.75 Å². The van der Waals surface area contributed by atoms with Gasteiger partial charge >= 0.3 is 5.97 Å². The zero-order valence-corrected chi connectivity index (χ0v) is 14.9. The number of nitrogens with zero attached hydrogens (tertiary/aromatic N) is 1. The van der Waals surface area contributed by atoms with Gasteiger partial charge in [0.2, 0.25) is 12.0 Å². The van der Waals surface area contributed by atoms with Gasteiger partial charge in [0, 0.05) is 0 Å². The second-order valence-electron chi connectivity index (χ2n) is 6.42. The minimum atomic E-state index is -0.832. The number of carbonyl (C=O) groups excluding carboxylic acids is 2. The minimum Gasteiger partial charge on any atom is -0.475 e. The standard InChI is InChI=1S/C22H19NO4/c1-26-22(25)20-14-23(18-11-4-5-12-19(18)27-20)21(24)13-16-9-6-8-15-7-2-3-10-17(15)16/h2-12,20H,13-14H2,1H3/t20-/m1/s1. The average molecular weight is 361 g/mol. The maximum absolute atomic E-state index is 13.1. The molecule has 27 heavy (non-hydrogen) atoms. The fourth-order valence-corrected chi connectivity index (χ4v) is 3.43.